The standard InChI is InChI=1S/C13H29N/c1-7-14(12(2)3)11-9-8-10-13(4,5)6/h12H,7-11H2,1-6H3. The molecule has 0 rings (SSSR count). The summed E-state index contributed by atoms with van der Waals surface area (Å²) in [6, 6.07) is 0.703. The maximum atomic E-state index is 2.54. The third-order valence-electron chi connectivity index (χ3n) is 2.76. The predicted molar refractivity (Wildman–Crippen MR) is 65.7 cm³/mol. The Balaban J connectivity index is 3.52. The molecule has 0 aliphatic rings. The number of rotatable bonds is 6. The van der Waals surface area contributed by atoms with Crippen molar-refractivity contribution in [1.29, 1.82) is 0 Å². The van der Waals surface area contributed by atoms with Crippen LogP contribution in [0.25, 0.3) is 0 Å². The Morgan fingerprint density at radius 3 is 2.00 bits per heavy atom. The highest BCUT2D eigenvalue weighted by molar-refractivity contribution is 4.64. The van der Waals surface area contributed by atoms with E-state index in [2.05, 4.69) is 46.4 Å². The Labute approximate surface area is 90.9 Å². The molecule has 0 aliphatic carbocycles. The fraction of sp³-hybridized carbons (Fsp3) is 1.00. The van der Waals surface area contributed by atoms with Crippen LogP contribution < -0.4 is 0 Å². The van der Waals surface area contributed by atoms with Gasteiger partial charge in [-0.2, -0.15) is 0 Å². The fourth-order valence-electron chi connectivity index (χ4n) is 1.75. The van der Waals surface area contributed by atoms with Crippen LogP contribution in [0.15, 0.2) is 0 Å². The predicted octanol–water partition coefficient (Wildman–Crippen LogP) is 3.93. The maximum Gasteiger partial charge on any atom is 0.00384 e. The molecule has 1 nitrogen and oxygen atoms in total. The summed E-state index contributed by atoms with van der Waals surface area (Å²) in [6.07, 6.45) is 4.07. The zero-order valence-corrected chi connectivity index (χ0v) is 11.1. The smallest absolute Gasteiger partial charge is 0.00384 e. The molecule has 0 aliphatic heterocycles. The third kappa shape index (κ3) is 7.37. The first-order chi connectivity index (χ1) is 6.37. The van der Waals surface area contributed by atoms with Crippen molar-refractivity contribution in [2.75, 3.05) is 13.1 Å². The first-order valence-electron chi connectivity index (χ1n) is 6.11. The molecule has 1 heteroatoms. The molecule has 0 saturated carbocycles. The van der Waals surface area contributed by atoms with Crippen molar-refractivity contribution in [3.8, 4) is 0 Å². The molecule has 0 saturated heterocycles. The highest BCUT2D eigenvalue weighted by Crippen LogP contribution is 2.21. The topological polar surface area (TPSA) is 3.24 Å². The Morgan fingerprint density at radius 2 is 1.64 bits per heavy atom. The molecular weight excluding hydrogens is 170 g/mol. The van der Waals surface area contributed by atoms with Gasteiger partial charge in [-0.3, -0.25) is 0 Å². The first kappa shape index (κ1) is 14.0. The molecule has 0 unspecified atom stereocenters. The molecule has 0 bridgehead atoms. The van der Waals surface area contributed by atoms with E-state index in [4.69, 9.17) is 0 Å². The number of hydrogen-bond donors (Lipinski definition) is 0. The summed E-state index contributed by atoms with van der Waals surface area (Å²) in [6.45, 7) is 16.3. The van der Waals surface area contributed by atoms with Gasteiger partial charge in [0.2, 0.25) is 0 Å². The van der Waals surface area contributed by atoms with Gasteiger partial charge in [-0.1, -0.05) is 34.1 Å². The van der Waals surface area contributed by atoms with Gasteiger partial charge in [0.15, 0.2) is 0 Å². The lowest BCUT2D eigenvalue weighted by Gasteiger charge is -2.25. The largest absolute Gasteiger partial charge is 0.301 e. The van der Waals surface area contributed by atoms with Crippen molar-refractivity contribution in [2.45, 2.75) is 66.8 Å². The van der Waals surface area contributed by atoms with Crippen LogP contribution in [0.4, 0.5) is 0 Å². The van der Waals surface area contributed by atoms with Crippen molar-refractivity contribution in [3.05, 3.63) is 0 Å². The molecule has 86 valence electrons. The van der Waals surface area contributed by atoms with Crippen molar-refractivity contribution in [1.82, 2.24) is 4.90 Å². The van der Waals surface area contributed by atoms with Crippen LogP contribution in [0.3, 0.4) is 0 Å². The van der Waals surface area contributed by atoms with Crippen LogP contribution in [0.2, 0.25) is 0 Å². The van der Waals surface area contributed by atoms with Gasteiger partial charge in [-0.05, 0) is 45.2 Å². The van der Waals surface area contributed by atoms with E-state index < -0.39 is 0 Å². The van der Waals surface area contributed by atoms with Gasteiger partial charge in [-0.25, -0.2) is 0 Å². The lowest BCUT2D eigenvalue weighted by atomic mass is 9.90. The van der Waals surface area contributed by atoms with E-state index in [1.165, 1.54) is 32.4 Å². The minimum absolute atomic E-state index is 0.509. The van der Waals surface area contributed by atoms with Crippen molar-refractivity contribution < 1.29 is 0 Å². The molecule has 0 heterocycles. The second-order valence-corrected chi connectivity index (χ2v) is 5.74. The van der Waals surface area contributed by atoms with Gasteiger partial charge < -0.3 is 4.90 Å². The fourth-order valence-corrected chi connectivity index (χ4v) is 1.75. The average Bonchev–Trinajstić information content (AvgIpc) is 2.01. The van der Waals surface area contributed by atoms with Crippen LogP contribution in [0.1, 0.15) is 60.8 Å². The van der Waals surface area contributed by atoms with E-state index >= 15 is 0 Å². The number of unbranched alkanes of at least 4 members (excludes halogenated alkanes) is 1. The Hall–Kier alpha value is -0.0400. The summed E-state index contributed by atoms with van der Waals surface area (Å²) < 4.78 is 0. The van der Waals surface area contributed by atoms with E-state index in [1.807, 2.05) is 0 Å². The molecule has 0 spiro atoms. The van der Waals surface area contributed by atoms with Gasteiger partial charge in [0.25, 0.3) is 0 Å². The number of hydrogen-bond acceptors (Lipinski definition) is 1. The molecule has 0 aromatic rings. The molecule has 0 atom stereocenters. The minimum atomic E-state index is 0.509. The van der Waals surface area contributed by atoms with Crippen LogP contribution in [0, 0.1) is 5.41 Å². The second-order valence-electron chi connectivity index (χ2n) is 5.74. The van der Waals surface area contributed by atoms with E-state index in [1.54, 1.807) is 0 Å². The maximum absolute atomic E-state index is 2.54. The van der Waals surface area contributed by atoms with Gasteiger partial charge in [0.05, 0.1) is 0 Å². The van der Waals surface area contributed by atoms with Crippen molar-refractivity contribution >= 4 is 0 Å². The second kappa shape index (κ2) is 6.44. The SMILES string of the molecule is CCN(CCCCC(C)(C)C)C(C)C. The van der Waals surface area contributed by atoms with Crippen LogP contribution >= 0.6 is 0 Å². The zero-order valence-electron chi connectivity index (χ0n) is 11.1. The molecule has 0 amide bonds. The molecule has 14 heavy (non-hydrogen) atoms. The summed E-state index contributed by atoms with van der Waals surface area (Å²) in [7, 11) is 0. The lowest BCUT2D eigenvalue weighted by molar-refractivity contribution is 0.223. The van der Waals surface area contributed by atoms with Crippen LogP contribution in [0.5, 0.6) is 0 Å². The Bertz CT molecular complexity index is 133. The number of nitrogens with zero attached hydrogens (tertiary/aromatic N) is 1. The molecule has 0 aromatic carbocycles. The van der Waals surface area contributed by atoms with E-state index in [0.29, 0.717) is 11.5 Å². The zero-order chi connectivity index (χ0) is 11.2. The Kier molecular flexibility index (Phi) is 6.43. The van der Waals surface area contributed by atoms with Gasteiger partial charge in [0.1, 0.15) is 0 Å². The van der Waals surface area contributed by atoms with Crippen LogP contribution in [-0.2, 0) is 0 Å². The third-order valence-corrected chi connectivity index (χ3v) is 2.76. The summed E-state index contributed by atoms with van der Waals surface area (Å²) in [5, 5.41) is 0. The summed E-state index contributed by atoms with van der Waals surface area (Å²) >= 11 is 0. The van der Waals surface area contributed by atoms with Crippen LogP contribution in [-0.4, -0.2) is 24.0 Å². The minimum Gasteiger partial charge on any atom is -0.301 e. The lowest BCUT2D eigenvalue weighted by Crippen LogP contribution is -2.31. The first-order valence-corrected chi connectivity index (χ1v) is 6.11. The normalized spacial score (nSPS) is 12.9. The highest BCUT2D eigenvalue weighted by Gasteiger charge is 2.10. The molecule has 0 fully saturated rings. The average molecular weight is 199 g/mol. The quantitative estimate of drug-likeness (QED) is 0.586. The molecular formula is C13H29N. The molecule has 0 aromatic heterocycles. The van der Waals surface area contributed by atoms with E-state index in [-0.39, 0.29) is 0 Å². The van der Waals surface area contributed by atoms with Gasteiger partial charge in [-0.15, -0.1) is 0 Å². The van der Waals surface area contributed by atoms with Crippen molar-refractivity contribution in [2.24, 2.45) is 5.41 Å². The summed E-state index contributed by atoms with van der Waals surface area (Å²) in [5.41, 5.74) is 0.509. The van der Waals surface area contributed by atoms with E-state index in [0.717, 1.165) is 0 Å². The van der Waals surface area contributed by atoms with Gasteiger partial charge >= 0.3 is 0 Å². The summed E-state index contributed by atoms with van der Waals surface area (Å²) in [4.78, 5) is 2.54. The van der Waals surface area contributed by atoms with Gasteiger partial charge in [0, 0.05) is 6.04 Å². The van der Waals surface area contributed by atoms with E-state index in [9.17, 15) is 0 Å². The summed E-state index contributed by atoms with van der Waals surface area (Å²) in [5.74, 6) is 0. The monoisotopic (exact) mass is 199 g/mol. The molecule has 0 radical (unpaired) electrons. The van der Waals surface area contributed by atoms with Crippen molar-refractivity contribution in [3.63, 3.8) is 0 Å². The Morgan fingerprint density at radius 1 is 1.07 bits per heavy atom. The highest BCUT2D eigenvalue weighted by atomic mass is 15.1. The molecule has 0 N–H and O–H groups in total.